The minimum Gasteiger partial charge on any atom is -0.371 e. The summed E-state index contributed by atoms with van der Waals surface area (Å²) in [6.07, 6.45) is 5.72. The number of rotatable bonds is 8. The Hall–Kier alpha value is -1.51. The van der Waals surface area contributed by atoms with E-state index >= 15 is 0 Å². The smallest absolute Gasteiger partial charge is 0.0680 e. The average Bonchev–Trinajstić information content (AvgIpc) is 2.88. The molecule has 2 rings (SSSR count). The van der Waals surface area contributed by atoms with Gasteiger partial charge < -0.3 is 4.90 Å². The Bertz CT molecular complexity index is 581. The van der Waals surface area contributed by atoms with Gasteiger partial charge in [0.1, 0.15) is 0 Å². The lowest BCUT2D eigenvalue weighted by Crippen LogP contribution is -2.30. The molecule has 3 nitrogen and oxygen atoms in total. The van der Waals surface area contributed by atoms with Crippen LogP contribution in [-0.4, -0.2) is 22.9 Å². The summed E-state index contributed by atoms with van der Waals surface area (Å²) in [6.45, 7) is 11.5. The molecule has 0 unspecified atom stereocenters. The highest BCUT2D eigenvalue weighted by Gasteiger charge is 2.14. The molecule has 0 radical (unpaired) electrons. The molecule has 0 N–H and O–H groups in total. The van der Waals surface area contributed by atoms with Crippen LogP contribution < -0.4 is 4.90 Å². The monoisotopic (exact) mass is 301 g/mol. The summed E-state index contributed by atoms with van der Waals surface area (Å²) in [5.41, 5.74) is 2.54. The molecule has 1 aromatic carbocycles. The summed E-state index contributed by atoms with van der Waals surface area (Å²) in [5.74, 6) is 1.52. The fraction of sp³-hybridized carbons (Fsp3) is 0.632. The number of nitrogens with zero attached hydrogens (tertiary/aromatic N) is 3. The van der Waals surface area contributed by atoms with E-state index in [0.717, 1.165) is 24.9 Å². The van der Waals surface area contributed by atoms with E-state index in [1.165, 1.54) is 35.9 Å². The fourth-order valence-corrected chi connectivity index (χ4v) is 2.95. The van der Waals surface area contributed by atoms with Crippen molar-refractivity contribution >= 4 is 16.6 Å². The van der Waals surface area contributed by atoms with Gasteiger partial charge >= 0.3 is 0 Å². The Morgan fingerprint density at radius 1 is 1.18 bits per heavy atom. The molecule has 2 aromatic rings. The molecule has 0 aliphatic heterocycles. The van der Waals surface area contributed by atoms with Crippen LogP contribution in [0.3, 0.4) is 0 Å². The quantitative estimate of drug-likeness (QED) is 0.694. The first-order valence-electron chi connectivity index (χ1n) is 8.71. The van der Waals surface area contributed by atoms with Gasteiger partial charge in [0.2, 0.25) is 0 Å². The Balaban J connectivity index is 2.23. The second-order valence-electron chi connectivity index (χ2n) is 6.82. The molecule has 0 bridgehead atoms. The number of aromatic nitrogens is 2. The van der Waals surface area contributed by atoms with Gasteiger partial charge in [0, 0.05) is 31.2 Å². The van der Waals surface area contributed by atoms with E-state index in [-0.39, 0.29) is 0 Å². The molecule has 0 atom stereocenters. The predicted molar refractivity (Wildman–Crippen MR) is 96.5 cm³/mol. The van der Waals surface area contributed by atoms with E-state index < -0.39 is 0 Å². The van der Waals surface area contributed by atoms with Crippen LogP contribution >= 0.6 is 0 Å². The minimum atomic E-state index is 0.742. The normalized spacial score (nSPS) is 11.8. The third-order valence-electron chi connectivity index (χ3n) is 4.70. The maximum Gasteiger partial charge on any atom is 0.0680 e. The topological polar surface area (TPSA) is 21.1 Å². The molecule has 1 aromatic heterocycles. The lowest BCUT2D eigenvalue weighted by molar-refractivity contribution is 0.469. The maximum atomic E-state index is 4.36. The third kappa shape index (κ3) is 4.02. The highest BCUT2D eigenvalue weighted by atomic mass is 15.2. The SMILES string of the molecule is CCC(CC)CN(CCC(C)C)c1ccc2c(cnn2C)c1. The molecule has 0 saturated heterocycles. The van der Waals surface area contributed by atoms with Crippen LogP contribution in [0.2, 0.25) is 0 Å². The molecular formula is C19H31N3. The van der Waals surface area contributed by atoms with E-state index in [1.54, 1.807) is 0 Å². The van der Waals surface area contributed by atoms with E-state index in [2.05, 4.69) is 55.9 Å². The lowest BCUT2D eigenvalue weighted by atomic mass is 10.0. The highest BCUT2D eigenvalue weighted by Crippen LogP contribution is 2.24. The summed E-state index contributed by atoms with van der Waals surface area (Å²) in [5, 5.41) is 5.60. The lowest BCUT2D eigenvalue weighted by Gasteiger charge is -2.29. The number of hydrogen-bond donors (Lipinski definition) is 0. The Morgan fingerprint density at radius 2 is 1.91 bits per heavy atom. The van der Waals surface area contributed by atoms with Crippen LogP contribution in [0.5, 0.6) is 0 Å². The molecule has 0 spiro atoms. The Labute approximate surface area is 135 Å². The van der Waals surface area contributed by atoms with Crippen molar-refractivity contribution in [1.29, 1.82) is 0 Å². The predicted octanol–water partition coefficient (Wildman–Crippen LogP) is 4.86. The summed E-state index contributed by atoms with van der Waals surface area (Å²) < 4.78 is 1.94. The van der Waals surface area contributed by atoms with Gasteiger partial charge in [-0.25, -0.2) is 0 Å². The largest absolute Gasteiger partial charge is 0.371 e. The van der Waals surface area contributed by atoms with Crippen molar-refractivity contribution in [2.24, 2.45) is 18.9 Å². The molecule has 0 aliphatic carbocycles. The van der Waals surface area contributed by atoms with Gasteiger partial charge in [-0.05, 0) is 36.5 Å². The molecule has 3 heteroatoms. The van der Waals surface area contributed by atoms with Gasteiger partial charge in [0.05, 0.1) is 11.7 Å². The van der Waals surface area contributed by atoms with Crippen LogP contribution in [0.4, 0.5) is 5.69 Å². The van der Waals surface area contributed by atoms with Crippen LogP contribution in [0.15, 0.2) is 24.4 Å². The highest BCUT2D eigenvalue weighted by molar-refractivity contribution is 5.82. The van der Waals surface area contributed by atoms with Gasteiger partial charge in [-0.3, -0.25) is 4.68 Å². The molecule has 0 fully saturated rings. The molecule has 0 aliphatic rings. The number of aryl methyl sites for hydroxylation is 1. The first-order valence-corrected chi connectivity index (χ1v) is 8.71. The maximum absolute atomic E-state index is 4.36. The summed E-state index contributed by atoms with van der Waals surface area (Å²) >= 11 is 0. The zero-order valence-electron chi connectivity index (χ0n) is 14.8. The summed E-state index contributed by atoms with van der Waals surface area (Å²) in [6, 6.07) is 6.75. The van der Waals surface area contributed by atoms with Crippen molar-refractivity contribution in [2.75, 3.05) is 18.0 Å². The van der Waals surface area contributed by atoms with Crippen LogP contribution in [0, 0.1) is 11.8 Å². The van der Waals surface area contributed by atoms with Gasteiger partial charge in [0.25, 0.3) is 0 Å². The van der Waals surface area contributed by atoms with Gasteiger partial charge in [-0.15, -0.1) is 0 Å². The van der Waals surface area contributed by atoms with Crippen molar-refractivity contribution < 1.29 is 0 Å². The number of fused-ring (bicyclic) bond motifs is 1. The summed E-state index contributed by atoms with van der Waals surface area (Å²) in [4.78, 5) is 2.57. The molecule has 0 saturated carbocycles. The van der Waals surface area contributed by atoms with Crippen molar-refractivity contribution in [2.45, 2.75) is 47.0 Å². The summed E-state index contributed by atoms with van der Waals surface area (Å²) in [7, 11) is 2.00. The van der Waals surface area contributed by atoms with E-state index in [1.807, 2.05) is 17.9 Å². The van der Waals surface area contributed by atoms with E-state index in [0.29, 0.717) is 0 Å². The van der Waals surface area contributed by atoms with E-state index in [4.69, 9.17) is 0 Å². The molecular weight excluding hydrogens is 270 g/mol. The van der Waals surface area contributed by atoms with Crippen LogP contribution in [-0.2, 0) is 7.05 Å². The minimum absolute atomic E-state index is 0.742. The standard InChI is InChI=1S/C19H31N3/c1-6-16(7-2)14-22(11-10-15(3)4)18-8-9-19-17(12-18)13-20-21(19)5/h8-9,12-13,15-16H,6-7,10-11,14H2,1-5H3. The Morgan fingerprint density at radius 3 is 2.55 bits per heavy atom. The zero-order chi connectivity index (χ0) is 16.1. The van der Waals surface area contributed by atoms with E-state index in [9.17, 15) is 0 Å². The first-order chi connectivity index (χ1) is 10.5. The Kier molecular flexibility index (Phi) is 5.87. The van der Waals surface area contributed by atoms with Crippen molar-refractivity contribution in [1.82, 2.24) is 9.78 Å². The van der Waals surface area contributed by atoms with Crippen LogP contribution in [0.25, 0.3) is 10.9 Å². The molecule has 0 amide bonds. The molecule has 1 heterocycles. The van der Waals surface area contributed by atoms with Crippen molar-refractivity contribution in [3.05, 3.63) is 24.4 Å². The van der Waals surface area contributed by atoms with Crippen molar-refractivity contribution in [3.63, 3.8) is 0 Å². The fourth-order valence-electron chi connectivity index (χ4n) is 2.95. The second kappa shape index (κ2) is 7.66. The first kappa shape index (κ1) is 16.9. The van der Waals surface area contributed by atoms with Gasteiger partial charge in [0.15, 0.2) is 0 Å². The molecule has 22 heavy (non-hydrogen) atoms. The third-order valence-corrected chi connectivity index (χ3v) is 4.70. The number of anilines is 1. The van der Waals surface area contributed by atoms with Crippen molar-refractivity contribution in [3.8, 4) is 0 Å². The molecule has 122 valence electrons. The van der Waals surface area contributed by atoms with Crippen LogP contribution in [0.1, 0.15) is 47.0 Å². The van der Waals surface area contributed by atoms with Gasteiger partial charge in [-0.2, -0.15) is 5.10 Å². The number of benzene rings is 1. The zero-order valence-corrected chi connectivity index (χ0v) is 14.8. The number of hydrogen-bond acceptors (Lipinski definition) is 2. The average molecular weight is 301 g/mol. The second-order valence-corrected chi connectivity index (χ2v) is 6.82. The van der Waals surface area contributed by atoms with Gasteiger partial charge in [-0.1, -0.05) is 40.5 Å².